The molecule has 0 aliphatic heterocycles. The molecule has 8 nitrogen and oxygen atoms in total. The highest BCUT2D eigenvalue weighted by Gasteiger charge is 2.20. The fourth-order valence-electron chi connectivity index (χ4n) is 2.52. The average molecular weight is 372 g/mol. The molecule has 0 aliphatic rings. The van der Waals surface area contributed by atoms with Gasteiger partial charge in [0.25, 0.3) is 15.7 Å². The third-order valence-corrected chi connectivity index (χ3v) is 5.28. The summed E-state index contributed by atoms with van der Waals surface area (Å²) in [5, 5.41) is 15.0. The first kappa shape index (κ1) is 17.6. The number of anilines is 1. The van der Waals surface area contributed by atoms with Crippen LogP contribution in [0.2, 0.25) is 0 Å². The van der Waals surface area contributed by atoms with Gasteiger partial charge in [-0.25, -0.2) is 8.42 Å². The number of aromatic nitrogens is 2. The quantitative estimate of drug-likeness (QED) is 0.529. The molecular formula is C17H16N4O4S. The zero-order chi connectivity index (χ0) is 18.7. The summed E-state index contributed by atoms with van der Waals surface area (Å²) in [6, 6.07) is 12.5. The predicted octanol–water partition coefficient (Wildman–Crippen LogP) is 2.95. The van der Waals surface area contributed by atoms with Crippen LogP contribution < -0.4 is 4.72 Å². The van der Waals surface area contributed by atoms with Crippen LogP contribution in [0.3, 0.4) is 0 Å². The third kappa shape index (κ3) is 3.89. The van der Waals surface area contributed by atoms with E-state index in [1.165, 1.54) is 12.1 Å². The number of hydrogen-bond acceptors (Lipinski definition) is 5. The second-order valence-electron chi connectivity index (χ2n) is 5.72. The summed E-state index contributed by atoms with van der Waals surface area (Å²) in [6.07, 6.45) is 3.47. The lowest BCUT2D eigenvalue weighted by Crippen LogP contribution is -2.15. The second-order valence-corrected chi connectivity index (χ2v) is 7.37. The second kappa shape index (κ2) is 6.96. The molecule has 0 spiro atoms. The monoisotopic (exact) mass is 372 g/mol. The summed E-state index contributed by atoms with van der Waals surface area (Å²) in [5.74, 6) is 0. The first-order valence-corrected chi connectivity index (χ1v) is 9.18. The molecule has 134 valence electrons. The molecule has 0 atom stereocenters. The van der Waals surface area contributed by atoms with E-state index in [1.807, 2.05) is 12.3 Å². The fraction of sp³-hybridized carbons (Fsp3) is 0.118. The van der Waals surface area contributed by atoms with Gasteiger partial charge in [-0.15, -0.1) is 0 Å². The van der Waals surface area contributed by atoms with Crippen molar-refractivity contribution >= 4 is 21.4 Å². The molecule has 0 fully saturated rings. The Hall–Kier alpha value is -3.20. The summed E-state index contributed by atoms with van der Waals surface area (Å²) >= 11 is 0. The molecule has 3 rings (SSSR count). The number of rotatable bonds is 6. The first-order chi connectivity index (χ1) is 12.3. The zero-order valence-corrected chi connectivity index (χ0v) is 14.7. The highest BCUT2D eigenvalue weighted by Crippen LogP contribution is 2.24. The van der Waals surface area contributed by atoms with Crippen LogP contribution >= 0.6 is 0 Å². The maximum atomic E-state index is 12.7. The van der Waals surface area contributed by atoms with Gasteiger partial charge in [0.1, 0.15) is 0 Å². The van der Waals surface area contributed by atoms with E-state index in [-0.39, 0.29) is 10.6 Å². The van der Waals surface area contributed by atoms with Gasteiger partial charge in [0.05, 0.1) is 16.4 Å². The number of hydrogen-bond donors (Lipinski definition) is 1. The Morgan fingerprint density at radius 2 is 2.00 bits per heavy atom. The molecule has 0 amide bonds. The van der Waals surface area contributed by atoms with Crippen molar-refractivity contribution in [1.82, 2.24) is 9.78 Å². The van der Waals surface area contributed by atoms with Crippen molar-refractivity contribution in [3.8, 4) is 0 Å². The lowest BCUT2D eigenvalue weighted by Gasteiger charge is -2.11. The Balaban J connectivity index is 1.88. The van der Waals surface area contributed by atoms with E-state index in [0.717, 1.165) is 11.6 Å². The molecule has 0 radical (unpaired) electrons. The van der Waals surface area contributed by atoms with E-state index in [0.29, 0.717) is 17.8 Å². The molecule has 1 aromatic heterocycles. The Morgan fingerprint density at radius 3 is 2.69 bits per heavy atom. The van der Waals surface area contributed by atoms with Gasteiger partial charge in [0.2, 0.25) is 0 Å². The van der Waals surface area contributed by atoms with Crippen LogP contribution in [0.4, 0.5) is 11.4 Å². The Bertz CT molecular complexity index is 1050. The molecular weight excluding hydrogens is 356 g/mol. The van der Waals surface area contributed by atoms with Crippen LogP contribution in [0.25, 0.3) is 0 Å². The molecule has 9 heteroatoms. The van der Waals surface area contributed by atoms with Gasteiger partial charge in [-0.3, -0.25) is 19.5 Å². The van der Waals surface area contributed by atoms with E-state index in [4.69, 9.17) is 0 Å². The zero-order valence-electron chi connectivity index (χ0n) is 13.9. The van der Waals surface area contributed by atoms with Crippen LogP contribution in [-0.2, 0) is 16.6 Å². The standard InChI is InChI=1S/C17H16N4O4S/c1-13-6-7-16(21(22)23)11-17(13)26(24,25)19-15-5-2-4-14(10-15)12-20-9-3-8-18-20/h2-11,19H,12H2,1H3. The molecule has 0 saturated carbocycles. The minimum Gasteiger partial charge on any atom is -0.280 e. The lowest BCUT2D eigenvalue weighted by molar-refractivity contribution is -0.385. The molecule has 0 aliphatic carbocycles. The van der Waals surface area contributed by atoms with Gasteiger partial charge in [-0.05, 0) is 36.2 Å². The predicted molar refractivity (Wildman–Crippen MR) is 96.4 cm³/mol. The minimum absolute atomic E-state index is 0.121. The molecule has 3 aromatic rings. The van der Waals surface area contributed by atoms with Crippen molar-refractivity contribution in [3.63, 3.8) is 0 Å². The van der Waals surface area contributed by atoms with Crippen molar-refractivity contribution in [2.45, 2.75) is 18.4 Å². The van der Waals surface area contributed by atoms with Gasteiger partial charge in [-0.2, -0.15) is 5.10 Å². The van der Waals surface area contributed by atoms with Crippen LogP contribution in [0, 0.1) is 17.0 Å². The molecule has 0 unspecified atom stereocenters. The van der Waals surface area contributed by atoms with Crippen molar-refractivity contribution < 1.29 is 13.3 Å². The Morgan fingerprint density at radius 1 is 1.19 bits per heavy atom. The number of nitro groups is 1. The largest absolute Gasteiger partial charge is 0.280 e. The Labute approximate surface area is 150 Å². The third-order valence-electron chi connectivity index (χ3n) is 3.76. The number of nitrogens with zero attached hydrogens (tertiary/aromatic N) is 3. The highest BCUT2D eigenvalue weighted by atomic mass is 32.2. The minimum atomic E-state index is -3.96. The van der Waals surface area contributed by atoms with Crippen molar-refractivity contribution in [2.24, 2.45) is 0 Å². The molecule has 0 saturated heterocycles. The van der Waals surface area contributed by atoms with E-state index in [1.54, 1.807) is 42.1 Å². The number of sulfonamides is 1. The number of aryl methyl sites for hydroxylation is 1. The van der Waals surface area contributed by atoms with Gasteiger partial charge < -0.3 is 0 Å². The van der Waals surface area contributed by atoms with Crippen LogP contribution in [-0.4, -0.2) is 23.1 Å². The number of nitro benzene ring substituents is 1. The molecule has 26 heavy (non-hydrogen) atoms. The normalized spacial score (nSPS) is 11.3. The SMILES string of the molecule is Cc1ccc([N+](=O)[O-])cc1S(=O)(=O)Nc1cccc(Cn2cccn2)c1. The molecule has 1 heterocycles. The van der Waals surface area contributed by atoms with E-state index < -0.39 is 14.9 Å². The topological polar surface area (TPSA) is 107 Å². The van der Waals surface area contributed by atoms with Crippen molar-refractivity contribution in [1.29, 1.82) is 0 Å². The number of nitrogens with one attached hydrogen (secondary N) is 1. The van der Waals surface area contributed by atoms with Crippen molar-refractivity contribution in [2.75, 3.05) is 4.72 Å². The smallest absolute Gasteiger partial charge is 0.270 e. The van der Waals surface area contributed by atoms with Gasteiger partial charge in [-0.1, -0.05) is 18.2 Å². The fourth-order valence-corrected chi connectivity index (χ4v) is 3.83. The van der Waals surface area contributed by atoms with Crippen LogP contribution in [0.5, 0.6) is 0 Å². The summed E-state index contributed by atoms with van der Waals surface area (Å²) in [6.45, 7) is 2.09. The maximum absolute atomic E-state index is 12.7. The van der Waals surface area contributed by atoms with Gasteiger partial charge >= 0.3 is 0 Å². The van der Waals surface area contributed by atoms with Gasteiger partial charge in [0.15, 0.2) is 0 Å². The summed E-state index contributed by atoms with van der Waals surface area (Å²) in [7, 11) is -3.96. The van der Waals surface area contributed by atoms with E-state index in [9.17, 15) is 18.5 Å². The van der Waals surface area contributed by atoms with Crippen molar-refractivity contribution in [3.05, 3.63) is 82.2 Å². The van der Waals surface area contributed by atoms with Crippen LogP contribution in [0.1, 0.15) is 11.1 Å². The average Bonchev–Trinajstić information content (AvgIpc) is 3.07. The van der Waals surface area contributed by atoms with E-state index in [2.05, 4.69) is 9.82 Å². The molecule has 1 N–H and O–H groups in total. The maximum Gasteiger partial charge on any atom is 0.270 e. The Kier molecular flexibility index (Phi) is 4.72. The summed E-state index contributed by atoms with van der Waals surface area (Å²) in [4.78, 5) is 10.2. The highest BCUT2D eigenvalue weighted by molar-refractivity contribution is 7.92. The first-order valence-electron chi connectivity index (χ1n) is 7.69. The number of benzene rings is 2. The molecule has 0 bridgehead atoms. The lowest BCUT2D eigenvalue weighted by atomic mass is 10.2. The summed E-state index contributed by atoms with van der Waals surface area (Å²) in [5.41, 5.74) is 1.39. The summed E-state index contributed by atoms with van der Waals surface area (Å²) < 4.78 is 29.6. The van der Waals surface area contributed by atoms with Gasteiger partial charge in [0, 0.05) is 30.2 Å². The van der Waals surface area contributed by atoms with Crippen LogP contribution in [0.15, 0.2) is 65.8 Å². The van der Waals surface area contributed by atoms with E-state index >= 15 is 0 Å². The number of non-ortho nitro benzene ring substituents is 1. The molecule has 2 aromatic carbocycles.